The highest BCUT2D eigenvalue weighted by molar-refractivity contribution is 7.98. The van der Waals surface area contributed by atoms with Gasteiger partial charge in [0.1, 0.15) is 0 Å². The van der Waals surface area contributed by atoms with Crippen LogP contribution < -0.4 is 0 Å². The summed E-state index contributed by atoms with van der Waals surface area (Å²) in [6, 6.07) is 14.2. The zero-order chi connectivity index (χ0) is 18.7. The molecule has 0 atom stereocenters. The second-order valence-electron chi connectivity index (χ2n) is 5.12. The van der Waals surface area contributed by atoms with Crippen LogP contribution in [0.3, 0.4) is 0 Å². The highest BCUT2D eigenvalue weighted by Gasteiger charge is 2.62. The molecule has 0 amide bonds. The SMILES string of the molecule is CSc1cccc(-c2ccc(/C=C/C(=O)C(F)(F)C(F)(F)F)cc2)c1. The standard InChI is InChI=1S/C18H13F5OS/c1-25-15-4-2-3-14(11-15)13-8-5-12(6-9-13)7-10-16(24)17(19,20)18(21,22)23/h2-11H,1H3/b10-7+. The van der Waals surface area contributed by atoms with Crippen molar-refractivity contribution in [1.29, 1.82) is 0 Å². The number of halogens is 5. The Bertz CT molecular complexity index is 779. The van der Waals surface area contributed by atoms with Crippen LogP contribution >= 0.6 is 11.8 Å². The van der Waals surface area contributed by atoms with Gasteiger partial charge in [-0.1, -0.05) is 42.5 Å². The van der Waals surface area contributed by atoms with Gasteiger partial charge in [-0.05, 0) is 41.2 Å². The van der Waals surface area contributed by atoms with Gasteiger partial charge in [-0.3, -0.25) is 4.79 Å². The quantitative estimate of drug-likeness (QED) is 0.372. The van der Waals surface area contributed by atoms with Crippen molar-refractivity contribution in [1.82, 2.24) is 0 Å². The number of hydrogen-bond acceptors (Lipinski definition) is 2. The predicted molar refractivity (Wildman–Crippen MR) is 88.7 cm³/mol. The smallest absolute Gasteiger partial charge is 0.288 e. The van der Waals surface area contributed by atoms with E-state index in [1.165, 1.54) is 12.1 Å². The Morgan fingerprint density at radius 3 is 2.16 bits per heavy atom. The first-order valence-electron chi connectivity index (χ1n) is 7.06. The van der Waals surface area contributed by atoms with Crippen molar-refractivity contribution in [2.24, 2.45) is 0 Å². The third-order valence-corrected chi connectivity index (χ3v) is 4.13. The lowest BCUT2D eigenvalue weighted by Crippen LogP contribution is -2.43. The molecule has 25 heavy (non-hydrogen) atoms. The summed E-state index contributed by atoms with van der Waals surface area (Å²) < 4.78 is 62.0. The summed E-state index contributed by atoms with van der Waals surface area (Å²) in [6.07, 6.45) is -2.78. The fraction of sp³-hybridized carbons (Fsp3) is 0.167. The number of rotatable bonds is 5. The molecule has 0 fully saturated rings. The lowest BCUT2D eigenvalue weighted by Gasteiger charge is -2.16. The van der Waals surface area contributed by atoms with Crippen molar-refractivity contribution in [3.8, 4) is 11.1 Å². The minimum Gasteiger partial charge on any atom is -0.288 e. The summed E-state index contributed by atoms with van der Waals surface area (Å²) >= 11 is 1.58. The number of allylic oxidation sites excluding steroid dienone is 1. The maximum atomic E-state index is 12.9. The van der Waals surface area contributed by atoms with Crippen LogP contribution in [-0.2, 0) is 4.79 Å². The third-order valence-electron chi connectivity index (χ3n) is 3.41. The molecule has 0 saturated heterocycles. The van der Waals surface area contributed by atoms with Gasteiger partial charge in [0, 0.05) is 4.90 Å². The summed E-state index contributed by atoms with van der Waals surface area (Å²) in [6.45, 7) is 0. The van der Waals surface area contributed by atoms with E-state index < -0.39 is 17.9 Å². The Balaban J connectivity index is 2.16. The number of alkyl halides is 5. The van der Waals surface area contributed by atoms with E-state index in [0.29, 0.717) is 5.56 Å². The molecule has 0 saturated carbocycles. The molecule has 0 radical (unpaired) electrons. The van der Waals surface area contributed by atoms with E-state index in [1.807, 2.05) is 30.5 Å². The second kappa shape index (κ2) is 7.39. The fourth-order valence-corrected chi connectivity index (χ4v) is 2.47. The summed E-state index contributed by atoms with van der Waals surface area (Å²) in [5, 5.41) is 0. The first-order chi connectivity index (χ1) is 11.6. The minimum atomic E-state index is -5.90. The van der Waals surface area contributed by atoms with E-state index in [9.17, 15) is 26.7 Å². The number of hydrogen-bond donors (Lipinski definition) is 0. The van der Waals surface area contributed by atoms with Crippen molar-refractivity contribution in [3.05, 3.63) is 60.2 Å². The summed E-state index contributed by atoms with van der Waals surface area (Å²) in [5.74, 6) is -7.68. The topological polar surface area (TPSA) is 17.1 Å². The molecular weight excluding hydrogens is 359 g/mol. The minimum absolute atomic E-state index is 0.247. The molecular formula is C18H13F5OS. The van der Waals surface area contributed by atoms with Crippen LogP contribution in [0.15, 0.2) is 59.5 Å². The summed E-state index contributed by atoms with van der Waals surface area (Å²) in [7, 11) is 0. The highest BCUT2D eigenvalue weighted by atomic mass is 32.2. The van der Waals surface area contributed by atoms with Gasteiger partial charge in [0.2, 0.25) is 5.78 Å². The van der Waals surface area contributed by atoms with Crippen LogP contribution in [0.25, 0.3) is 17.2 Å². The third kappa shape index (κ3) is 4.48. The van der Waals surface area contributed by atoms with E-state index in [4.69, 9.17) is 0 Å². The van der Waals surface area contributed by atoms with Crippen LogP contribution in [0.5, 0.6) is 0 Å². The average Bonchev–Trinajstić information content (AvgIpc) is 2.59. The molecule has 2 aromatic rings. The Hall–Kier alpha value is -2.15. The lowest BCUT2D eigenvalue weighted by molar-refractivity contribution is -0.266. The van der Waals surface area contributed by atoms with Crippen molar-refractivity contribution in [3.63, 3.8) is 0 Å². The van der Waals surface area contributed by atoms with E-state index >= 15 is 0 Å². The monoisotopic (exact) mass is 372 g/mol. The molecule has 1 nitrogen and oxygen atoms in total. The van der Waals surface area contributed by atoms with Crippen molar-refractivity contribution in [2.75, 3.05) is 6.26 Å². The molecule has 0 aliphatic rings. The Kier molecular flexibility index (Phi) is 5.67. The van der Waals surface area contributed by atoms with Gasteiger partial charge in [0.15, 0.2) is 0 Å². The Labute approximate surface area is 145 Å². The number of carbonyl (C=O) groups excluding carboxylic acids is 1. The van der Waals surface area contributed by atoms with Crippen molar-refractivity contribution < 1.29 is 26.7 Å². The van der Waals surface area contributed by atoms with Crippen LogP contribution in [0.1, 0.15) is 5.56 Å². The van der Waals surface area contributed by atoms with Crippen LogP contribution in [0.4, 0.5) is 22.0 Å². The molecule has 0 heterocycles. The predicted octanol–water partition coefficient (Wildman–Crippen LogP) is 5.86. The highest BCUT2D eigenvalue weighted by Crippen LogP contribution is 2.36. The number of carbonyl (C=O) groups is 1. The normalized spacial score (nSPS) is 12.6. The maximum Gasteiger partial charge on any atom is 0.461 e. The van der Waals surface area contributed by atoms with E-state index in [1.54, 1.807) is 23.9 Å². The molecule has 0 spiro atoms. The van der Waals surface area contributed by atoms with Crippen LogP contribution in [-0.4, -0.2) is 24.1 Å². The van der Waals surface area contributed by atoms with Gasteiger partial charge in [-0.2, -0.15) is 22.0 Å². The van der Waals surface area contributed by atoms with Gasteiger partial charge in [-0.25, -0.2) is 0 Å². The van der Waals surface area contributed by atoms with Crippen LogP contribution in [0.2, 0.25) is 0 Å². The second-order valence-corrected chi connectivity index (χ2v) is 6.00. The van der Waals surface area contributed by atoms with E-state index in [-0.39, 0.29) is 6.08 Å². The molecule has 0 aliphatic heterocycles. The van der Waals surface area contributed by atoms with Gasteiger partial charge < -0.3 is 0 Å². The Morgan fingerprint density at radius 2 is 1.60 bits per heavy atom. The molecule has 7 heteroatoms. The molecule has 0 unspecified atom stereocenters. The first kappa shape index (κ1) is 19.2. The molecule has 0 aromatic heterocycles. The zero-order valence-corrected chi connectivity index (χ0v) is 13.8. The lowest BCUT2D eigenvalue weighted by atomic mass is 10.0. The molecule has 132 valence electrons. The van der Waals surface area contributed by atoms with Crippen LogP contribution in [0, 0.1) is 0 Å². The molecule has 0 N–H and O–H groups in total. The largest absolute Gasteiger partial charge is 0.461 e. The molecule has 2 aromatic carbocycles. The van der Waals surface area contributed by atoms with E-state index in [2.05, 4.69) is 0 Å². The molecule has 0 aliphatic carbocycles. The number of benzene rings is 2. The summed E-state index contributed by atoms with van der Waals surface area (Å²) in [5.41, 5.74) is 2.15. The maximum absolute atomic E-state index is 12.9. The number of ketones is 1. The van der Waals surface area contributed by atoms with Gasteiger partial charge >= 0.3 is 12.1 Å². The average molecular weight is 372 g/mol. The number of thioether (sulfide) groups is 1. The summed E-state index contributed by atoms with van der Waals surface area (Å²) in [4.78, 5) is 12.2. The fourth-order valence-electron chi connectivity index (χ4n) is 2.01. The van der Waals surface area contributed by atoms with Gasteiger partial charge in [0.25, 0.3) is 0 Å². The van der Waals surface area contributed by atoms with Crippen molar-refractivity contribution in [2.45, 2.75) is 17.0 Å². The zero-order valence-electron chi connectivity index (χ0n) is 13.0. The first-order valence-corrected chi connectivity index (χ1v) is 8.29. The van der Waals surface area contributed by atoms with E-state index in [0.717, 1.165) is 22.1 Å². The molecule has 0 bridgehead atoms. The van der Waals surface area contributed by atoms with Gasteiger partial charge in [0.05, 0.1) is 0 Å². The Morgan fingerprint density at radius 1 is 0.960 bits per heavy atom. The molecule has 2 rings (SSSR count). The van der Waals surface area contributed by atoms with Crippen molar-refractivity contribution >= 4 is 23.6 Å². The van der Waals surface area contributed by atoms with Gasteiger partial charge in [-0.15, -0.1) is 11.8 Å².